The van der Waals surface area contributed by atoms with Crippen LogP contribution in [0.25, 0.3) is 0 Å². The Kier molecular flexibility index (Phi) is 7.09. The zero-order chi connectivity index (χ0) is 12.6. The van der Waals surface area contributed by atoms with Gasteiger partial charge in [0.05, 0.1) is 11.6 Å². The highest BCUT2D eigenvalue weighted by atomic mass is 16.5. The molecule has 0 amide bonds. The number of hydrazine groups is 1. The summed E-state index contributed by atoms with van der Waals surface area (Å²) in [5, 5.41) is 0. The van der Waals surface area contributed by atoms with Gasteiger partial charge in [0.2, 0.25) is 0 Å². The van der Waals surface area contributed by atoms with Crippen LogP contribution in [0, 0.1) is 0 Å². The molecule has 0 aliphatic heterocycles. The predicted octanol–water partition coefficient (Wildman–Crippen LogP) is 3.14. The van der Waals surface area contributed by atoms with E-state index in [1.54, 1.807) is 0 Å². The van der Waals surface area contributed by atoms with Gasteiger partial charge in [0.1, 0.15) is 0 Å². The van der Waals surface area contributed by atoms with Crippen LogP contribution in [-0.4, -0.2) is 18.2 Å². The van der Waals surface area contributed by atoms with E-state index in [1.807, 2.05) is 0 Å². The zero-order valence-corrected chi connectivity index (χ0v) is 11.6. The molecule has 0 aromatic carbocycles. The van der Waals surface area contributed by atoms with E-state index in [1.165, 1.54) is 51.4 Å². The van der Waals surface area contributed by atoms with E-state index in [-0.39, 0.29) is 5.60 Å². The van der Waals surface area contributed by atoms with Gasteiger partial charge in [-0.05, 0) is 26.2 Å². The highest BCUT2D eigenvalue weighted by Crippen LogP contribution is 2.36. The van der Waals surface area contributed by atoms with E-state index >= 15 is 0 Å². The predicted molar refractivity (Wildman–Crippen MR) is 72.7 cm³/mol. The zero-order valence-electron chi connectivity index (χ0n) is 11.6. The Morgan fingerprint density at radius 2 is 1.88 bits per heavy atom. The third-order valence-electron chi connectivity index (χ3n) is 4.06. The van der Waals surface area contributed by atoms with Gasteiger partial charge in [-0.3, -0.25) is 11.3 Å². The molecule has 0 aromatic rings. The van der Waals surface area contributed by atoms with Crippen molar-refractivity contribution in [3.8, 4) is 0 Å². The fourth-order valence-electron chi connectivity index (χ4n) is 3.13. The Hall–Kier alpha value is -0.120. The van der Waals surface area contributed by atoms with Crippen molar-refractivity contribution in [2.24, 2.45) is 5.84 Å². The molecule has 0 saturated heterocycles. The lowest BCUT2D eigenvalue weighted by Crippen LogP contribution is -2.55. The Bertz CT molecular complexity index is 185. The van der Waals surface area contributed by atoms with Crippen molar-refractivity contribution in [1.82, 2.24) is 5.43 Å². The highest BCUT2D eigenvalue weighted by molar-refractivity contribution is 4.94. The first kappa shape index (κ1) is 14.9. The molecule has 0 heterocycles. The Labute approximate surface area is 106 Å². The molecule has 102 valence electrons. The minimum atomic E-state index is 0.00942. The number of hydrogen-bond acceptors (Lipinski definition) is 3. The number of nitrogens with one attached hydrogen (secondary N) is 1. The molecule has 3 N–H and O–H groups in total. The lowest BCUT2D eigenvalue weighted by atomic mass is 9.77. The first-order chi connectivity index (χ1) is 8.29. The molecule has 1 rings (SSSR count). The molecule has 3 heteroatoms. The van der Waals surface area contributed by atoms with Crippen LogP contribution >= 0.6 is 0 Å². The summed E-state index contributed by atoms with van der Waals surface area (Å²) in [7, 11) is 0. The van der Waals surface area contributed by atoms with Crippen LogP contribution < -0.4 is 11.3 Å². The van der Waals surface area contributed by atoms with Gasteiger partial charge in [0, 0.05) is 6.61 Å². The quantitative estimate of drug-likeness (QED) is 0.390. The summed E-state index contributed by atoms with van der Waals surface area (Å²) in [6, 6.07) is 0.328. The molecule has 1 unspecified atom stereocenters. The number of nitrogens with two attached hydrogens (primary N) is 1. The van der Waals surface area contributed by atoms with Gasteiger partial charge in [0.15, 0.2) is 0 Å². The SMILES string of the molecule is CCCCCC(NN)C1(OCC)CCCCC1. The lowest BCUT2D eigenvalue weighted by Gasteiger charge is -2.43. The Morgan fingerprint density at radius 3 is 2.41 bits per heavy atom. The number of rotatable bonds is 8. The summed E-state index contributed by atoms with van der Waals surface area (Å²) in [5.41, 5.74) is 3.04. The molecular formula is C14H30N2O. The van der Waals surface area contributed by atoms with Gasteiger partial charge < -0.3 is 4.74 Å². The second kappa shape index (κ2) is 8.06. The first-order valence-electron chi connectivity index (χ1n) is 7.39. The van der Waals surface area contributed by atoms with Crippen molar-refractivity contribution >= 4 is 0 Å². The van der Waals surface area contributed by atoms with Crippen molar-refractivity contribution < 1.29 is 4.74 Å². The Balaban J connectivity index is 2.57. The van der Waals surface area contributed by atoms with Crippen molar-refractivity contribution in [2.75, 3.05) is 6.61 Å². The van der Waals surface area contributed by atoms with E-state index in [0.29, 0.717) is 6.04 Å². The van der Waals surface area contributed by atoms with Gasteiger partial charge in [0.25, 0.3) is 0 Å². The average Bonchev–Trinajstić information content (AvgIpc) is 2.36. The third kappa shape index (κ3) is 4.23. The molecular weight excluding hydrogens is 212 g/mol. The normalized spacial score (nSPS) is 21.4. The van der Waals surface area contributed by atoms with Crippen molar-refractivity contribution in [1.29, 1.82) is 0 Å². The molecule has 1 aliphatic rings. The van der Waals surface area contributed by atoms with Crippen LogP contribution in [0.4, 0.5) is 0 Å². The molecule has 17 heavy (non-hydrogen) atoms. The van der Waals surface area contributed by atoms with Crippen LogP contribution in [-0.2, 0) is 4.74 Å². The second-order valence-corrected chi connectivity index (χ2v) is 5.27. The largest absolute Gasteiger partial charge is 0.374 e. The molecule has 1 saturated carbocycles. The summed E-state index contributed by atoms with van der Waals surface area (Å²) < 4.78 is 6.11. The molecule has 0 aromatic heterocycles. The van der Waals surface area contributed by atoms with E-state index in [0.717, 1.165) is 13.0 Å². The van der Waals surface area contributed by atoms with Gasteiger partial charge in [-0.2, -0.15) is 0 Å². The third-order valence-corrected chi connectivity index (χ3v) is 4.06. The number of unbranched alkanes of at least 4 members (excludes halogenated alkanes) is 2. The van der Waals surface area contributed by atoms with Crippen LogP contribution in [0.3, 0.4) is 0 Å². The van der Waals surface area contributed by atoms with Gasteiger partial charge in [-0.25, -0.2) is 0 Å². The first-order valence-corrected chi connectivity index (χ1v) is 7.39. The number of hydrogen-bond donors (Lipinski definition) is 2. The van der Waals surface area contributed by atoms with E-state index in [4.69, 9.17) is 10.6 Å². The van der Waals surface area contributed by atoms with Crippen molar-refractivity contribution in [3.05, 3.63) is 0 Å². The highest BCUT2D eigenvalue weighted by Gasteiger charge is 2.39. The Morgan fingerprint density at radius 1 is 1.18 bits per heavy atom. The fraction of sp³-hybridized carbons (Fsp3) is 1.00. The molecule has 1 atom stereocenters. The summed E-state index contributed by atoms with van der Waals surface area (Å²) in [6.07, 6.45) is 11.2. The second-order valence-electron chi connectivity index (χ2n) is 5.27. The molecule has 0 spiro atoms. The van der Waals surface area contributed by atoms with Gasteiger partial charge >= 0.3 is 0 Å². The summed E-state index contributed by atoms with van der Waals surface area (Å²) in [6.45, 7) is 5.13. The van der Waals surface area contributed by atoms with Crippen molar-refractivity contribution in [3.63, 3.8) is 0 Å². The average molecular weight is 242 g/mol. The van der Waals surface area contributed by atoms with E-state index < -0.39 is 0 Å². The van der Waals surface area contributed by atoms with E-state index in [2.05, 4.69) is 19.3 Å². The summed E-state index contributed by atoms with van der Waals surface area (Å²) in [4.78, 5) is 0. The minimum Gasteiger partial charge on any atom is -0.374 e. The molecule has 1 aliphatic carbocycles. The maximum Gasteiger partial charge on any atom is 0.0848 e. The van der Waals surface area contributed by atoms with Crippen LogP contribution in [0.1, 0.15) is 71.6 Å². The smallest absolute Gasteiger partial charge is 0.0848 e. The standard InChI is InChI=1S/C14H30N2O/c1-3-5-7-10-13(16-15)14(17-4-2)11-8-6-9-12-14/h13,16H,3-12,15H2,1-2H3. The minimum absolute atomic E-state index is 0.00942. The topological polar surface area (TPSA) is 47.3 Å². The summed E-state index contributed by atoms with van der Waals surface area (Å²) in [5.74, 6) is 5.77. The lowest BCUT2D eigenvalue weighted by molar-refractivity contribution is -0.0919. The maximum atomic E-state index is 6.11. The van der Waals surface area contributed by atoms with E-state index in [9.17, 15) is 0 Å². The van der Waals surface area contributed by atoms with Crippen LogP contribution in [0.2, 0.25) is 0 Å². The van der Waals surface area contributed by atoms with Crippen LogP contribution in [0.5, 0.6) is 0 Å². The van der Waals surface area contributed by atoms with Gasteiger partial charge in [-0.15, -0.1) is 0 Å². The fourth-order valence-corrected chi connectivity index (χ4v) is 3.13. The number of ether oxygens (including phenoxy) is 1. The van der Waals surface area contributed by atoms with Gasteiger partial charge in [-0.1, -0.05) is 45.4 Å². The van der Waals surface area contributed by atoms with Crippen molar-refractivity contribution in [2.45, 2.75) is 83.3 Å². The monoisotopic (exact) mass is 242 g/mol. The maximum absolute atomic E-state index is 6.11. The van der Waals surface area contributed by atoms with Crippen LogP contribution in [0.15, 0.2) is 0 Å². The molecule has 0 bridgehead atoms. The molecule has 3 nitrogen and oxygen atoms in total. The summed E-state index contributed by atoms with van der Waals surface area (Å²) >= 11 is 0. The molecule has 0 radical (unpaired) electrons. The molecule has 1 fully saturated rings.